The van der Waals surface area contributed by atoms with Crippen molar-refractivity contribution in [3.63, 3.8) is 0 Å². The predicted octanol–water partition coefficient (Wildman–Crippen LogP) is 21.6. The van der Waals surface area contributed by atoms with E-state index in [1.165, 1.54) is 225 Å². The van der Waals surface area contributed by atoms with E-state index in [-0.39, 0.29) is 12.5 Å². The van der Waals surface area contributed by atoms with Crippen LogP contribution in [0.25, 0.3) is 0 Å². The lowest BCUT2D eigenvalue weighted by molar-refractivity contribution is -0.123. The van der Waals surface area contributed by atoms with Crippen molar-refractivity contribution < 1.29 is 15.0 Å². The summed E-state index contributed by atoms with van der Waals surface area (Å²) in [5, 5.41) is 23.2. The first-order chi connectivity index (χ1) is 36.2. The highest BCUT2D eigenvalue weighted by molar-refractivity contribution is 5.76. The van der Waals surface area contributed by atoms with Gasteiger partial charge in [-0.25, -0.2) is 0 Å². The van der Waals surface area contributed by atoms with Crippen molar-refractivity contribution in [3.05, 3.63) is 97.2 Å². The van der Waals surface area contributed by atoms with Crippen LogP contribution >= 0.6 is 0 Å². The Bertz CT molecular complexity index is 1330. The van der Waals surface area contributed by atoms with Gasteiger partial charge in [0.1, 0.15) is 0 Å². The first-order valence-electron chi connectivity index (χ1n) is 32.0. The van der Waals surface area contributed by atoms with E-state index >= 15 is 0 Å². The van der Waals surface area contributed by atoms with Crippen LogP contribution in [-0.2, 0) is 4.79 Å². The maximum Gasteiger partial charge on any atom is 0.220 e. The Hall–Kier alpha value is -2.69. The number of carbonyl (C=O) groups excluding carboxylic acids is 1. The molecule has 0 aromatic rings. The van der Waals surface area contributed by atoms with Crippen molar-refractivity contribution in [2.75, 3.05) is 6.61 Å². The van der Waals surface area contributed by atoms with Crippen molar-refractivity contribution in [1.82, 2.24) is 5.32 Å². The van der Waals surface area contributed by atoms with E-state index in [9.17, 15) is 15.0 Å². The quantitative estimate of drug-likeness (QED) is 0.0420. The molecule has 0 radical (unpaired) electrons. The average Bonchev–Trinajstić information content (AvgIpc) is 3.40. The van der Waals surface area contributed by atoms with Gasteiger partial charge >= 0.3 is 0 Å². The number of hydrogen-bond acceptors (Lipinski definition) is 3. The largest absolute Gasteiger partial charge is 0.394 e. The lowest BCUT2D eigenvalue weighted by atomic mass is 10.0. The Balaban J connectivity index is 3.53. The number of unbranched alkanes of at least 4 members (excludes halogenated alkanes) is 37. The van der Waals surface area contributed by atoms with Gasteiger partial charge in [-0.2, -0.15) is 0 Å². The van der Waals surface area contributed by atoms with Gasteiger partial charge in [0.25, 0.3) is 0 Å². The molecule has 0 aliphatic heterocycles. The van der Waals surface area contributed by atoms with Crippen LogP contribution in [0.1, 0.15) is 316 Å². The van der Waals surface area contributed by atoms with E-state index in [1.54, 1.807) is 6.08 Å². The SMILES string of the molecule is CC/C=C\C/C=C\C/C=C\C/C=C\C/C=C\C/C=C\CCCCCCCCCCCCCCCCC(=O)NC(CO)C(O)/C=C/CC/C=C/CCCCCCCCCCCCCCCCCCCCCCCC. The van der Waals surface area contributed by atoms with Crippen molar-refractivity contribution in [3.8, 4) is 0 Å². The highest BCUT2D eigenvalue weighted by atomic mass is 16.3. The smallest absolute Gasteiger partial charge is 0.220 e. The summed E-state index contributed by atoms with van der Waals surface area (Å²) >= 11 is 0. The lowest BCUT2D eigenvalue weighted by Gasteiger charge is -2.19. The minimum Gasteiger partial charge on any atom is -0.394 e. The van der Waals surface area contributed by atoms with Crippen LogP contribution in [0, 0.1) is 0 Å². The third kappa shape index (κ3) is 60.1. The summed E-state index contributed by atoms with van der Waals surface area (Å²) in [7, 11) is 0. The number of allylic oxidation sites excluding steroid dienone is 15. The lowest BCUT2D eigenvalue weighted by Crippen LogP contribution is -2.45. The molecule has 0 heterocycles. The summed E-state index contributed by atoms with van der Waals surface area (Å²) in [6.45, 7) is 4.21. The summed E-state index contributed by atoms with van der Waals surface area (Å²) in [5.41, 5.74) is 0. The van der Waals surface area contributed by atoms with Crippen LogP contribution in [0.15, 0.2) is 97.2 Å². The van der Waals surface area contributed by atoms with Crippen LogP contribution in [-0.4, -0.2) is 34.9 Å². The maximum atomic E-state index is 12.5. The van der Waals surface area contributed by atoms with E-state index in [2.05, 4.69) is 104 Å². The van der Waals surface area contributed by atoms with Gasteiger partial charge in [-0.05, 0) is 83.5 Å². The molecule has 73 heavy (non-hydrogen) atoms. The van der Waals surface area contributed by atoms with Crippen molar-refractivity contribution in [2.24, 2.45) is 0 Å². The summed E-state index contributed by atoms with van der Waals surface area (Å²) in [5.74, 6) is -0.0743. The fourth-order valence-electron chi connectivity index (χ4n) is 9.50. The van der Waals surface area contributed by atoms with Gasteiger partial charge in [-0.1, -0.05) is 323 Å². The summed E-state index contributed by atoms with van der Waals surface area (Å²) in [6.07, 6.45) is 94.6. The first kappa shape index (κ1) is 70.3. The summed E-state index contributed by atoms with van der Waals surface area (Å²) < 4.78 is 0. The topological polar surface area (TPSA) is 69.6 Å². The van der Waals surface area contributed by atoms with Gasteiger partial charge < -0.3 is 15.5 Å². The molecule has 0 aromatic carbocycles. The van der Waals surface area contributed by atoms with E-state index in [1.807, 2.05) is 6.08 Å². The zero-order chi connectivity index (χ0) is 52.7. The molecule has 422 valence electrons. The summed E-state index contributed by atoms with van der Waals surface area (Å²) in [4.78, 5) is 12.5. The number of hydrogen-bond donors (Lipinski definition) is 3. The van der Waals surface area contributed by atoms with Gasteiger partial charge in [0, 0.05) is 6.42 Å². The normalized spacial score (nSPS) is 13.4. The second-order valence-corrected chi connectivity index (χ2v) is 21.4. The van der Waals surface area contributed by atoms with Gasteiger partial charge in [0.05, 0.1) is 18.8 Å². The molecule has 3 N–H and O–H groups in total. The van der Waals surface area contributed by atoms with Crippen LogP contribution < -0.4 is 5.32 Å². The van der Waals surface area contributed by atoms with Crippen molar-refractivity contribution >= 4 is 5.91 Å². The molecule has 0 saturated heterocycles. The number of aliphatic hydroxyl groups excluding tert-OH is 2. The Morgan fingerprint density at radius 3 is 0.959 bits per heavy atom. The van der Waals surface area contributed by atoms with E-state index in [0.29, 0.717) is 6.42 Å². The standard InChI is InChI=1S/C69H123NO3/c1-3-5-7-9-11-13-15-17-19-21-23-25-27-29-31-33-34-35-36-37-39-41-43-45-47-49-51-53-55-57-59-61-63-65-69(73)70-67(66-71)68(72)64-62-60-58-56-54-52-50-48-46-44-42-40-38-32-30-28-26-24-22-20-18-16-14-12-10-8-6-4-2/h5,7,11,13,17,19,23,25,29,31,34-35,54,56,62,64,67-68,71-72H,3-4,6,8-10,12,14-16,18,20-22,24,26-28,30,32-33,36-53,55,57-61,63,65-66H2,1-2H3,(H,70,73)/b7-5-,13-11-,19-17-,25-23-,31-29-,35-34-,56-54+,64-62+. The number of amides is 1. The molecule has 0 rings (SSSR count). The molecule has 0 spiro atoms. The monoisotopic (exact) mass is 1010 g/mol. The fourth-order valence-corrected chi connectivity index (χ4v) is 9.50. The van der Waals surface area contributed by atoms with Gasteiger partial charge in [-0.15, -0.1) is 0 Å². The predicted molar refractivity (Wildman–Crippen MR) is 326 cm³/mol. The molecule has 0 aliphatic carbocycles. The van der Waals surface area contributed by atoms with Crippen molar-refractivity contribution in [1.29, 1.82) is 0 Å². The average molecular weight is 1010 g/mol. The molecule has 0 bridgehead atoms. The molecule has 2 unspecified atom stereocenters. The minimum atomic E-state index is -0.869. The Labute approximate surface area is 455 Å². The zero-order valence-electron chi connectivity index (χ0n) is 48.6. The molecule has 1 amide bonds. The Morgan fingerprint density at radius 2 is 0.616 bits per heavy atom. The maximum absolute atomic E-state index is 12.5. The van der Waals surface area contributed by atoms with E-state index in [0.717, 1.165) is 70.6 Å². The molecular weight excluding hydrogens is 891 g/mol. The molecule has 4 nitrogen and oxygen atoms in total. The van der Waals surface area contributed by atoms with Gasteiger partial charge in [0.15, 0.2) is 0 Å². The number of aliphatic hydroxyl groups is 2. The summed E-state index contributed by atoms with van der Waals surface area (Å²) in [6, 6.07) is -0.646. The Morgan fingerprint density at radius 1 is 0.342 bits per heavy atom. The number of rotatable bonds is 58. The molecular formula is C69H123NO3. The van der Waals surface area contributed by atoms with Crippen LogP contribution in [0.4, 0.5) is 0 Å². The number of carbonyl (C=O) groups is 1. The van der Waals surface area contributed by atoms with E-state index < -0.39 is 12.1 Å². The molecule has 0 aliphatic rings. The second-order valence-electron chi connectivity index (χ2n) is 21.4. The molecule has 0 saturated carbocycles. The molecule has 0 fully saturated rings. The molecule has 2 atom stereocenters. The third-order valence-electron chi connectivity index (χ3n) is 14.3. The second kappa shape index (κ2) is 63.6. The van der Waals surface area contributed by atoms with Gasteiger partial charge in [0.2, 0.25) is 5.91 Å². The van der Waals surface area contributed by atoms with Crippen LogP contribution in [0.5, 0.6) is 0 Å². The highest BCUT2D eigenvalue weighted by Gasteiger charge is 2.18. The van der Waals surface area contributed by atoms with Gasteiger partial charge in [-0.3, -0.25) is 4.79 Å². The van der Waals surface area contributed by atoms with E-state index in [4.69, 9.17) is 0 Å². The first-order valence-corrected chi connectivity index (χ1v) is 32.0. The molecule has 4 heteroatoms. The highest BCUT2D eigenvalue weighted by Crippen LogP contribution is 2.17. The number of nitrogens with one attached hydrogen (secondary N) is 1. The van der Waals surface area contributed by atoms with Crippen molar-refractivity contribution in [2.45, 2.75) is 328 Å². The fraction of sp³-hybridized carbons (Fsp3) is 0.754. The minimum absolute atomic E-state index is 0.0743. The van der Waals surface area contributed by atoms with Crippen LogP contribution in [0.3, 0.4) is 0 Å². The zero-order valence-corrected chi connectivity index (χ0v) is 48.6. The Kier molecular flexibility index (Phi) is 61.3. The van der Waals surface area contributed by atoms with Crippen LogP contribution in [0.2, 0.25) is 0 Å². The molecule has 0 aromatic heterocycles. The third-order valence-corrected chi connectivity index (χ3v) is 14.3.